The van der Waals surface area contributed by atoms with Crippen molar-refractivity contribution in [3.8, 4) is 0 Å². The van der Waals surface area contributed by atoms with Crippen molar-refractivity contribution in [2.24, 2.45) is 11.0 Å². The number of urea groups is 1. The third-order valence-electron chi connectivity index (χ3n) is 3.38. The van der Waals surface area contributed by atoms with Crippen LogP contribution in [0.2, 0.25) is 0 Å². The summed E-state index contributed by atoms with van der Waals surface area (Å²) < 4.78 is 5.40. The van der Waals surface area contributed by atoms with E-state index in [1.54, 1.807) is 6.26 Å². The number of rotatable bonds is 1. The summed E-state index contributed by atoms with van der Waals surface area (Å²) in [4.78, 5) is 11.7. The first kappa shape index (κ1) is 10.2. The second kappa shape index (κ2) is 3.26. The van der Waals surface area contributed by atoms with Crippen LogP contribution in [-0.2, 0) is 0 Å². The first-order chi connectivity index (χ1) is 8.10. The van der Waals surface area contributed by atoms with Crippen LogP contribution >= 0.6 is 0 Å². The van der Waals surface area contributed by atoms with Crippen molar-refractivity contribution in [2.75, 3.05) is 0 Å². The van der Waals surface area contributed by atoms with Gasteiger partial charge in [0, 0.05) is 5.71 Å². The van der Waals surface area contributed by atoms with Gasteiger partial charge in [0.05, 0.1) is 12.2 Å². The molecule has 2 aliphatic rings. The number of hydrogen-bond acceptors (Lipinski definition) is 4. The topological polar surface area (TPSA) is 78.7 Å². The van der Waals surface area contributed by atoms with E-state index < -0.39 is 5.66 Å². The summed E-state index contributed by atoms with van der Waals surface area (Å²) in [6.07, 6.45) is 1.61. The maximum atomic E-state index is 11.7. The molecule has 90 valence electrons. The van der Waals surface area contributed by atoms with E-state index in [9.17, 15) is 4.79 Å². The van der Waals surface area contributed by atoms with Crippen molar-refractivity contribution >= 4 is 11.7 Å². The smallest absolute Gasteiger partial charge is 0.317 e. The van der Waals surface area contributed by atoms with Gasteiger partial charge in [0.1, 0.15) is 17.5 Å². The highest BCUT2D eigenvalue weighted by Crippen LogP contribution is 2.36. The minimum absolute atomic E-state index is 0.0337. The van der Waals surface area contributed by atoms with Gasteiger partial charge >= 0.3 is 6.03 Å². The van der Waals surface area contributed by atoms with Gasteiger partial charge < -0.3 is 15.1 Å². The van der Waals surface area contributed by atoms with Gasteiger partial charge in [-0.15, -0.1) is 0 Å². The number of carbonyl (C=O) groups is 1. The molecule has 1 aromatic heterocycles. The first-order valence-corrected chi connectivity index (χ1v) is 5.53. The third kappa shape index (κ3) is 1.40. The second-order valence-electron chi connectivity index (χ2n) is 4.64. The molecule has 1 fully saturated rings. The Morgan fingerprint density at radius 1 is 1.53 bits per heavy atom. The monoisotopic (exact) mass is 234 g/mol. The fraction of sp³-hybridized carbons (Fsp3) is 0.455. The quantitative estimate of drug-likeness (QED) is 0.676. The van der Waals surface area contributed by atoms with Gasteiger partial charge in [-0.25, -0.2) is 4.79 Å². The summed E-state index contributed by atoms with van der Waals surface area (Å²) in [6, 6.07) is 3.27. The zero-order valence-corrected chi connectivity index (χ0v) is 9.65. The Kier molecular flexibility index (Phi) is 1.95. The van der Waals surface area contributed by atoms with Crippen LogP contribution < -0.4 is 16.1 Å². The van der Waals surface area contributed by atoms with Gasteiger partial charge in [-0.1, -0.05) is 0 Å². The van der Waals surface area contributed by atoms with Crippen molar-refractivity contribution in [1.82, 2.24) is 16.1 Å². The summed E-state index contributed by atoms with van der Waals surface area (Å²) in [5, 5.41) is 9.96. The van der Waals surface area contributed by atoms with Crippen molar-refractivity contribution in [3.05, 3.63) is 24.2 Å². The molecule has 0 bridgehead atoms. The van der Waals surface area contributed by atoms with E-state index in [0.717, 1.165) is 11.5 Å². The number of furan rings is 1. The van der Waals surface area contributed by atoms with E-state index in [-0.39, 0.29) is 18.0 Å². The van der Waals surface area contributed by atoms with Gasteiger partial charge in [-0.2, -0.15) is 5.10 Å². The SMILES string of the molecule is CC1=NN[C@@]2(C)NC(=O)N[C@@H](c3ccco3)[C@H]12. The predicted octanol–water partition coefficient (Wildman–Crippen LogP) is 0.945. The van der Waals surface area contributed by atoms with Crippen LogP contribution in [0.5, 0.6) is 0 Å². The predicted molar refractivity (Wildman–Crippen MR) is 61.3 cm³/mol. The molecule has 6 nitrogen and oxygen atoms in total. The number of carbonyl (C=O) groups excluding carboxylic acids is 1. The van der Waals surface area contributed by atoms with Crippen LogP contribution in [0.15, 0.2) is 27.9 Å². The number of hydrogen-bond donors (Lipinski definition) is 3. The van der Waals surface area contributed by atoms with Gasteiger partial charge in [0.25, 0.3) is 0 Å². The normalized spacial score (nSPS) is 35.4. The first-order valence-electron chi connectivity index (χ1n) is 5.53. The maximum Gasteiger partial charge on any atom is 0.317 e. The standard InChI is InChI=1S/C11H14N4O2/c1-6-8-9(7-4-3-5-17-7)12-10(16)13-11(8,2)15-14-6/h3-5,8-9,15H,1-2H3,(H2,12,13,16)/t8-,9-,11+/m0/s1. The molecule has 3 N–H and O–H groups in total. The van der Waals surface area contributed by atoms with Gasteiger partial charge in [-0.3, -0.25) is 5.43 Å². The lowest BCUT2D eigenvalue weighted by molar-refractivity contribution is 0.154. The molecule has 1 saturated heterocycles. The summed E-state index contributed by atoms with van der Waals surface area (Å²) >= 11 is 0. The van der Waals surface area contributed by atoms with Gasteiger partial charge in [-0.05, 0) is 26.0 Å². The summed E-state index contributed by atoms with van der Waals surface area (Å²) in [6.45, 7) is 3.87. The highest BCUT2D eigenvalue weighted by atomic mass is 16.3. The Morgan fingerprint density at radius 3 is 3.06 bits per heavy atom. The van der Waals surface area contributed by atoms with E-state index in [2.05, 4.69) is 21.2 Å². The average Bonchev–Trinajstić information content (AvgIpc) is 2.86. The molecule has 3 atom stereocenters. The van der Waals surface area contributed by atoms with Crippen LogP contribution in [0.3, 0.4) is 0 Å². The number of amides is 2. The molecular formula is C11H14N4O2. The summed E-state index contributed by atoms with van der Waals surface area (Å²) in [7, 11) is 0. The van der Waals surface area contributed by atoms with Crippen LogP contribution in [0.25, 0.3) is 0 Å². The average molecular weight is 234 g/mol. The van der Waals surface area contributed by atoms with Crippen LogP contribution in [0, 0.1) is 5.92 Å². The molecule has 0 aliphatic carbocycles. The fourth-order valence-electron chi connectivity index (χ4n) is 2.64. The number of nitrogens with zero attached hydrogens (tertiary/aromatic N) is 1. The summed E-state index contributed by atoms with van der Waals surface area (Å²) in [5.74, 6) is 0.778. The molecule has 6 heteroatoms. The fourth-order valence-corrected chi connectivity index (χ4v) is 2.64. The summed E-state index contributed by atoms with van der Waals surface area (Å²) in [5.41, 5.74) is 3.38. The Bertz CT molecular complexity index is 482. The lowest BCUT2D eigenvalue weighted by Crippen LogP contribution is -2.67. The molecule has 2 amide bonds. The Hall–Kier alpha value is -1.98. The zero-order chi connectivity index (χ0) is 12.0. The van der Waals surface area contributed by atoms with Crippen LogP contribution in [0.1, 0.15) is 25.6 Å². The van der Waals surface area contributed by atoms with E-state index in [1.165, 1.54) is 0 Å². The van der Waals surface area contributed by atoms with Crippen LogP contribution in [-0.4, -0.2) is 17.4 Å². The molecule has 17 heavy (non-hydrogen) atoms. The molecule has 1 aromatic rings. The largest absolute Gasteiger partial charge is 0.467 e. The van der Waals surface area contributed by atoms with Crippen molar-refractivity contribution in [2.45, 2.75) is 25.6 Å². The molecule has 2 aliphatic heterocycles. The van der Waals surface area contributed by atoms with E-state index in [4.69, 9.17) is 4.42 Å². The molecule has 0 aromatic carbocycles. The van der Waals surface area contributed by atoms with Crippen molar-refractivity contribution in [3.63, 3.8) is 0 Å². The highest BCUT2D eigenvalue weighted by Gasteiger charge is 2.51. The molecular weight excluding hydrogens is 220 g/mol. The molecule has 0 unspecified atom stereocenters. The van der Waals surface area contributed by atoms with E-state index in [0.29, 0.717) is 0 Å². The minimum Gasteiger partial charge on any atom is -0.467 e. The minimum atomic E-state index is -0.552. The second-order valence-corrected chi connectivity index (χ2v) is 4.64. The molecule has 3 rings (SSSR count). The number of fused-ring (bicyclic) bond motifs is 1. The zero-order valence-electron chi connectivity index (χ0n) is 9.65. The highest BCUT2D eigenvalue weighted by molar-refractivity contribution is 5.91. The lowest BCUT2D eigenvalue weighted by Gasteiger charge is -2.41. The van der Waals surface area contributed by atoms with Gasteiger partial charge in [0.15, 0.2) is 0 Å². The molecule has 0 spiro atoms. The van der Waals surface area contributed by atoms with Crippen molar-refractivity contribution in [1.29, 1.82) is 0 Å². The molecule has 0 radical (unpaired) electrons. The maximum absolute atomic E-state index is 11.7. The Balaban J connectivity index is 2.02. The Morgan fingerprint density at radius 2 is 2.35 bits per heavy atom. The van der Waals surface area contributed by atoms with Crippen LogP contribution in [0.4, 0.5) is 4.79 Å². The third-order valence-corrected chi connectivity index (χ3v) is 3.38. The lowest BCUT2D eigenvalue weighted by atomic mass is 9.82. The molecule has 3 heterocycles. The van der Waals surface area contributed by atoms with Crippen molar-refractivity contribution < 1.29 is 9.21 Å². The van der Waals surface area contributed by atoms with E-state index >= 15 is 0 Å². The number of hydrazone groups is 1. The number of nitrogens with one attached hydrogen (secondary N) is 3. The van der Waals surface area contributed by atoms with E-state index in [1.807, 2.05) is 26.0 Å². The van der Waals surface area contributed by atoms with Gasteiger partial charge in [0.2, 0.25) is 0 Å². The molecule has 0 saturated carbocycles. The Labute approximate surface area is 98.4 Å².